The Morgan fingerprint density at radius 2 is 1.88 bits per heavy atom. The second kappa shape index (κ2) is 4.02. The van der Waals surface area contributed by atoms with E-state index >= 15 is 0 Å². The molecular weight excluding hydrogens is 204 g/mol. The number of hydrogen-bond donors (Lipinski definition) is 2. The maximum absolute atomic E-state index is 11.4. The zero-order valence-electron chi connectivity index (χ0n) is 10.9. The zero-order chi connectivity index (χ0) is 12.7. The Hall–Kier alpha value is -0.570. The third-order valence-corrected chi connectivity index (χ3v) is 4.12. The normalized spacial score (nSPS) is 32.7. The van der Waals surface area contributed by atoms with Crippen LogP contribution in [0.4, 0.5) is 0 Å². The molecule has 1 aliphatic rings. The highest BCUT2D eigenvalue weighted by Crippen LogP contribution is 2.50. The minimum absolute atomic E-state index is 0.139. The van der Waals surface area contributed by atoms with E-state index in [0.29, 0.717) is 0 Å². The molecule has 1 aliphatic carbocycles. The molecule has 0 amide bonds. The monoisotopic (exact) mass is 228 g/mol. The van der Waals surface area contributed by atoms with Crippen molar-refractivity contribution in [2.75, 3.05) is 0 Å². The molecule has 2 N–H and O–H groups in total. The van der Waals surface area contributed by atoms with E-state index in [-0.39, 0.29) is 23.2 Å². The Labute approximate surface area is 97.9 Å². The van der Waals surface area contributed by atoms with E-state index in [0.717, 1.165) is 12.8 Å². The first-order valence-electron chi connectivity index (χ1n) is 6.07. The van der Waals surface area contributed by atoms with Gasteiger partial charge in [-0.3, -0.25) is 0 Å². The molecule has 0 aromatic heterocycles. The molecule has 1 fully saturated rings. The summed E-state index contributed by atoms with van der Waals surface area (Å²) in [6, 6.07) is 0. The maximum Gasteiger partial charge on any atom is 0.336 e. The molecule has 3 nitrogen and oxygen atoms in total. The van der Waals surface area contributed by atoms with Crippen LogP contribution in [-0.2, 0) is 4.79 Å². The minimum Gasteiger partial charge on any atom is -0.479 e. The average Bonchev–Trinajstić information content (AvgIpc) is 2.37. The van der Waals surface area contributed by atoms with Gasteiger partial charge in [0, 0.05) is 5.92 Å². The van der Waals surface area contributed by atoms with Gasteiger partial charge in [0.15, 0.2) is 5.60 Å². The first-order valence-corrected chi connectivity index (χ1v) is 6.07. The van der Waals surface area contributed by atoms with Crippen LogP contribution < -0.4 is 0 Å². The SMILES string of the molecule is CC1CC(C)(C)CC1C(O)(C(=O)O)C(C)C. The third-order valence-electron chi connectivity index (χ3n) is 4.12. The Bertz CT molecular complexity index is 283. The van der Waals surface area contributed by atoms with E-state index in [2.05, 4.69) is 20.8 Å². The number of aliphatic hydroxyl groups is 1. The molecule has 0 aromatic rings. The summed E-state index contributed by atoms with van der Waals surface area (Å²) in [6.45, 7) is 9.91. The molecular formula is C13H24O3. The quantitative estimate of drug-likeness (QED) is 0.780. The standard InChI is InChI=1S/C13H24O3/c1-8(2)13(16,11(14)15)10-7-12(4,5)6-9(10)3/h8-10,16H,6-7H2,1-5H3,(H,14,15). The number of hydrogen-bond acceptors (Lipinski definition) is 2. The fraction of sp³-hybridized carbons (Fsp3) is 0.923. The van der Waals surface area contributed by atoms with Gasteiger partial charge >= 0.3 is 5.97 Å². The van der Waals surface area contributed by atoms with Crippen LogP contribution in [0.25, 0.3) is 0 Å². The second-order valence-electron chi connectivity index (χ2n) is 6.44. The highest BCUT2D eigenvalue weighted by atomic mass is 16.4. The number of carboxylic acid groups (broad SMARTS) is 1. The fourth-order valence-corrected chi connectivity index (χ4v) is 3.32. The number of rotatable bonds is 3. The molecule has 0 aliphatic heterocycles. The van der Waals surface area contributed by atoms with Crippen LogP contribution in [0.3, 0.4) is 0 Å². The first kappa shape index (κ1) is 13.5. The van der Waals surface area contributed by atoms with E-state index in [1.165, 1.54) is 0 Å². The van der Waals surface area contributed by atoms with Gasteiger partial charge in [-0.1, -0.05) is 34.6 Å². The topological polar surface area (TPSA) is 57.5 Å². The molecule has 3 heteroatoms. The van der Waals surface area contributed by atoms with Crippen molar-refractivity contribution in [3.63, 3.8) is 0 Å². The van der Waals surface area contributed by atoms with Crippen LogP contribution in [0.15, 0.2) is 0 Å². The predicted octanol–water partition coefficient (Wildman–Crippen LogP) is 2.53. The molecule has 0 bridgehead atoms. The summed E-state index contributed by atoms with van der Waals surface area (Å²) in [7, 11) is 0. The maximum atomic E-state index is 11.4. The Morgan fingerprint density at radius 1 is 1.38 bits per heavy atom. The van der Waals surface area contributed by atoms with Crippen LogP contribution >= 0.6 is 0 Å². The predicted molar refractivity (Wildman–Crippen MR) is 63.1 cm³/mol. The highest BCUT2D eigenvalue weighted by Gasteiger charge is 2.53. The summed E-state index contributed by atoms with van der Waals surface area (Å²) in [5.74, 6) is -1.21. The van der Waals surface area contributed by atoms with E-state index in [1.807, 2.05) is 0 Å². The smallest absolute Gasteiger partial charge is 0.336 e. The molecule has 0 radical (unpaired) electrons. The highest BCUT2D eigenvalue weighted by molar-refractivity contribution is 5.78. The van der Waals surface area contributed by atoms with E-state index in [1.54, 1.807) is 13.8 Å². The minimum atomic E-state index is -1.58. The largest absolute Gasteiger partial charge is 0.479 e. The van der Waals surface area contributed by atoms with Gasteiger partial charge in [0.1, 0.15) is 0 Å². The Morgan fingerprint density at radius 3 is 2.12 bits per heavy atom. The van der Waals surface area contributed by atoms with Crippen molar-refractivity contribution >= 4 is 5.97 Å². The molecule has 0 heterocycles. The molecule has 0 saturated heterocycles. The van der Waals surface area contributed by atoms with Gasteiger partial charge in [0.05, 0.1) is 0 Å². The lowest BCUT2D eigenvalue weighted by atomic mass is 9.73. The molecule has 3 unspecified atom stereocenters. The lowest BCUT2D eigenvalue weighted by molar-refractivity contribution is -0.174. The first-order chi connectivity index (χ1) is 7.11. The molecule has 0 aromatic carbocycles. The summed E-state index contributed by atoms with van der Waals surface area (Å²) in [4.78, 5) is 11.4. The van der Waals surface area contributed by atoms with Crippen molar-refractivity contribution in [1.82, 2.24) is 0 Å². The van der Waals surface area contributed by atoms with E-state index in [9.17, 15) is 15.0 Å². The van der Waals surface area contributed by atoms with Crippen molar-refractivity contribution in [2.45, 2.75) is 53.1 Å². The van der Waals surface area contributed by atoms with Crippen LogP contribution in [0.5, 0.6) is 0 Å². The molecule has 94 valence electrons. The molecule has 3 atom stereocenters. The summed E-state index contributed by atoms with van der Waals surface area (Å²) in [5.41, 5.74) is -1.43. The Kier molecular flexibility index (Phi) is 3.39. The zero-order valence-corrected chi connectivity index (χ0v) is 10.9. The van der Waals surface area contributed by atoms with Crippen molar-refractivity contribution in [3.05, 3.63) is 0 Å². The van der Waals surface area contributed by atoms with Gasteiger partial charge in [-0.05, 0) is 30.1 Å². The summed E-state index contributed by atoms with van der Waals surface area (Å²) < 4.78 is 0. The number of aliphatic carboxylic acids is 1. The van der Waals surface area contributed by atoms with Crippen molar-refractivity contribution in [1.29, 1.82) is 0 Å². The number of carbonyl (C=O) groups is 1. The van der Waals surface area contributed by atoms with Crippen LogP contribution in [0, 0.1) is 23.2 Å². The Balaban J connectivity index is 3.02. The van der Waals surface area contributed by atoms with E-state index in [4.69, 9.17) is 0 Å². The summed E-state index contributed by atoms with van der Waals surface area (Å²) in [6.07, 6.45) is 1.77. The summed E-state index contributed by atoms with van der Waals surface area (Å²) in [5, 5.41) is 19.8. The van der Waals surface area contributed by atoms with Gasteiger partial charge in [0.2, 0.25) is 0 Å². The third kappa shape index (κ3) is 2.10. The van der Waals surface area contributed by atoms with Crippen LogP contribution in [0.2, 0.25) is 0 Å². The van der Waals surface area contributed by atoms with Crippen molar-refractivity contribution in [3.8, 4) is 0 Å². The van der Waals surface area contributed by atoms with Gasteiger partial charge in [-0.2, -0.15) is 0 Å². The van der Waals surface area contributed by atoms with Crippen LogP contribution in [-0.4, -0.2) is 21.8 Å². The average molecular weight is 228 g/mol. The lowest BCUT2D eigenvalue weighted by Gasteiger charge is -2.36. The van der Waals surface area contributed by atoms with Gasteiger partial charge in [0.25, 0.3) is 0 Å². The van der Waals surface area contributed by atoms with Gasteiger partial charge < -0.3 is 10.2 Å². The fourth-order valence-electron chi connectivity index (χ4n) is 3.32. The molecule has 1 rings (SSSR count). The second-order valence-corrected chi connectivity index (χ2v) is 6.44. The molecule has 16 heavy (non-hydrogen) atoms. The van der Waals surface area contributed by atoms with Gasteiger partial charge in [-0.25, -0.2) is 4.79 Å². The summed E-state index contributed by atoms with van der Waals surface area (Å²) >= 11 is 0. The van der Waals surface area contributed by atoms with Crippen molar-refractivity contribution < 1.29 is 15.0 Å². The van der Waals surface area contributed by atoms with Gasteiger partial charge in [-0.15, -0.1) is 0 Å². The number of carboxylic acids is 1. The molecule has 1 saturated carbocycles. The lowest BCUT2D eigenvalue weighted by Crippen LogP contribution is -2.51. The van der Waals surface area contributed by atoms with Crippen molar-refractivity contribution in [2.24, 2.45) is 23.2 Å². The molecule has 0 spiro atoms. The van der Waals surface area contributed by atoms with Crippen LogP contribution in [0.1, 0.15) is 47.5 Å². The van der Waals surface area contributed by atoms with E-state index < -0.39 is 11.6 Å².